The number of likely N-dealkylation sites (N-methyl/N-ethyl adjacent to an activating group) is 1. The van der Waals surface area contributed by atoms with Crippen LogP contribution in [0.15, 0.2) is 72.8 Å². The average Bonchev–Trinajstić information content (AvgIpc) is 3.09. The van der Waals surface area contributed by atoms with Crippen LogP contribution in [-0.4, -0.2) is 50.1 Å². The third-order valence-corrected chi connectivity index (χ3v) is 6.61. The second-order valence-electron chi connectivity index (χ2n) is 9.07. The van der Waals surface area contributed by atoms with Crippen molar-refractivity contribution in [1.29, 1.82) is 0 Å². The minimum atomic E-state index is -0.876. The molecule has 188 valence electrons. The molecular formula is C28H32ClN5O2. The second-order valence-corrected chi connectivity index (χ2v) is 9.51. The maximum Gasteiger partial charge on any atom is 0.320 e. The van der Waals surface area contributed by atoms with Crippen LogP contribution in [0.1, 0.15) is 23.6 Å². The van der Waals surface area contributed by atoms with Crippen LogP contribution in [0.25, 0.3) is 0 Å². The molecule has 36 heavy (non-hydrogen) atoms. The molecule has 1 fully saturated rings. The quantitative estimate of drug-likeness (QED) is 0.425. The van der Waals surface area contributed by atoms with Gasteiger partial charge in [-0.05, 0) is 86.6 Å². The van der Waals surface area contributed by atoms with Gasteiger partial charge in [0.1, 0.15) is 6.04 Å². The zero-order chi connectivity index (χ0) is 25.5. The Bertz CT molecular complexity index is 1180. The maximum absolute atomic E-state index is 13.4. The molecule has 1 aliphatic rings. The highest BCUT2D eigenvalue weighted by molar-refractivity contribution is 6.30. The Kier molecular flexibility index (Phi) is 8.46. The van der Waals surface area contributed by atoms with Gasteiger partial charge in [-0.3, -0.25) is 4.79 Å². The first kappa shape index (κ1) is 25.5. The highest BCUT2D eigenvalue weighted by Crippen LogP contribution is 2.23. The summed E-state index contributed by atoms with van der Waals surface area (Å²) in [7, 11) is 2.15. The Labute approximate surface area is 217 Å². The van der Waals surface area contributed by atoms with E-state index in [1.807, 2.05) is 55.5 Å². The van der Waals surface area contributed by atoms with Gasteiger partial charge in [0, 0.05) is 41.7 Å². The van der Waals surface area contributed by atoms with Gasteiger partial charge in [-0.15, -0.1) is 0 Å². The summed E-state index contributed by atoms with van der Waals surface area (Å²) in [6.45, 7) is 6.04. The van der Waals surface area contributed by atoms with Crippen molar-refractivity contribution in [2.75, 3.05) is 48.8 Å². The number of anilines is 3. The number of aryl methyl sites for hydroxylation is 1. The van der Waals surface area contributed by atoms with E-state index in [-0.39, 0.29) is 5.91 Å². The van der Waals surface area contributed by atoms with Crippen LogP contribution in [0.5, 0.6) is 0 Å². The fourth-order valence-corrected chi connectivity index (χ4v) is 4.43. The van der Waals surface area contributed by atoms with Gasteiger partial charge in [0.25, 0.3) is 5.91 Å². The van der Waals surface area contributed by atoms with E-state index in [9.17, 15) is 9.59 Å². The molecule has 7 nitrogen and oxygen atoms in total. The van der Waals surface area contributed by atoms with E-state index in [0.29, 0.717) is 16.4 Å². The zero-order valence-electron chi connectivity index (χ0n) is 20.6. The molecule has 1 unspecified atom stereocenters. The Morgan fingerprint density at radius 1 is 0.833 bits per heavy atom. The van der Waals surface area contributed by atoms with Gasteiger partial charge in [-0.1, -0.05) is 35.9 Å². The van der Waals surface area contributed by atoms with Crippen LogP contribution in [0.4, 0.5) is 21.9 Å². The number of urea groups is 1. The molecule has 0 radical (unpaired) electrons. The number of nitrogens with zero attached hydrogens (tertiary/aromatic N) is 2. The summed E-state index contributed by atoms with van der Waals surface area (Å²) in [5.41, 5.74) is 4.03. The lowest BCUT2D eigenvalue weighted by molar-refractivity contribution is -0.118. The van der Waals surface area contributed by atoms with Gasteiger partial charge in [0.15, 0.2) is 0 Å². The molecule has 3 N–H and O–H groups in total. The number of carbonyl (C=O) groups excluding carboxylic acids is 2. The molecule has 8 heteroatoms. The van der Waals surface area contributed by atoms with Crippen molar-refractivity contribution in [2.24, 2.45) is 0 Å². The van der Waals surface area contributed by atoms with E-state index in [1.165, 1.54) is 0 Å². The number of rotatable bonds is 6. The van der Waals surface area contributed by atoms with Crippen LogP contribution >= 0.6 is 11.6 Å². The normalized spacial score (nSPS) is 15.0. The first-order valence-corrected chi connectivity index (χ1v) is 12.5. The predicted octanol–water partition coefficient (Wildman–Crippen LogP) is 5.29. The van der Waals surface area contributed by atoms with Crippen molar-refractivity contribution in [2.45, 2.75) is 19.4 Å². The Hall–Kier alpha value is -3.55. The van der Waals surface area contributed by atoms with Crippen molar-refractivity contribution < 1.29 is 9.59 Å². The number of nitrogens with one attached hydrogen (secondary N) is 3. The van der Waals surface area contributed by atoms with Crippen molar-refractivity contribution in [3.8, 4) is 0 Å². The summed E-state index contributed by atoms with van der Waals surface area (Å²) in [4.78, 5) is 30.9. The van der Waals surface area contributed by atoms with Crippen LogP contribution in [0.3, 0.4) is 0 Å². The maximum atomic E-state index is 13.4. The van der Waals surface area contributed by atoms with Gasteiger partial charge in [-0.2, -0.15) is 0 Å². The molecule has 1 atom stereocenters. The summed E-state index contributed by atoms with van der Waals surface area (Å²) < 4.78 is 0. The molecule has 0 saturated carbocycles. The number of benzene rings is 3. The van der Waals surface area contributed by atoms with Crippen molar-refractivity contribution in [1.82, 2.24) is 10.2 Å². The summed E-state index contributed by atoms with van der Waals surface area (Å²) in [6, 6.07) is 20.8. The smallest absolute Gasteiger partial charge is 0.320 e. The van der Waals surface area contributed by atoms with Gasteiger partial charge >= 0.3 is 6.03 Å². The summed E-state index contributed by atoms with van der Waals surface area (Å²) in [5, 5.41) is 9.13. The van der Waals surface area contributed by atoms with Gasteiger partial charge in [-0.25, -0.2) is 4.79 Å². The highest BCUT2D eigenvalue weighted by atomic mass is 35.5. The number of hydrogen-bond donors (Lipinski definition) is 3. The molecule has 1 heterocycles. The monoisotopic (exact) mass is 505 g/mol. The fourth-order valence-electron chi connectivity index (χ4n) is 4.30. The van der Waals surface area contributed by atoms with Gasteiger partial charge < -0.3 is 25.8 Å². The number of amides is 3. The molecule has 1 aliphatic heterocycles. The standard InChI is InChI=1S/C28H32ClN5O2/c1-20-6-3-4-7-25(20)26(32-28(36)31-23-10-8-21(29)9-11-23)27(35)30-22-12-14-24(15-13-22)34-17-5-16-33(2)18-19-34/h3-4,6-15,26H,5,16-19H2,1-2H3,(H,30,35)(H2,31,32,36). The van der Waals surface area contributed by atoms with Gasteiger partial charge in [0.05, 0.1) is 0 Å². The third kappa shape index (κ3) is 6.77. The molecule has 1 saturated heterocycles. The molecule has 0 spiro atoms. The van der Waals surface area contributed by atoms with E-state index in [2.05, 4.69) is 32.8 Å². The molecule has 0 aliphatic carbocycles. The third-order valence-electron chi connectivity index (χ3n) is 6.36. The molecule has 0 aromatic heterocycles. The minimum Gasteiger partial charge on any atom is -0.370 e. The molecule has 3 aromatic carbocycles. The molecule has 3 aromatic rings. The van der Waals surface area contributed by atoms with Crippen LogP contribution in [-0.2, 0) is 4.79 Å². The van der Waals surface area contributed by atoms with E-state index in [4.69, 9.17) is 11.6 Å². The van der Waals surface area contributed by atoms with Crippen LogP contribution in [0, 0.1) is 6.92 Å². The molecule has 3 amide bonds. The Morgan fingerprint density at radius 2 is 1.50 bits per heavy atom. The largest absolute Gasteiger partial charge is 0.370 e. The predicted molar refractivity (Wildman–Crippen MR) is 147 cm³/mol. The highest BCUT2D eigenvalue weighted by Gasteiger charge is 2.24. The first-order chi connectivity index (χ1) is 17.4. The lowest BCUT2D eigenvalue weighted by Gasteiger charge is -2.23. The number of hydrogen-bond acceptors (Lipinski definition) is 4. The second kappa shape index (κ2) is 11.9. The fraction of sp³-hybridized carbons (Fsp3) is 0.286. The lowest BCUT2D eigenvalue weighted by Crippen LogP contribution is -2.39. The average molecular weight is 506 g/mol. The molecule has 0 bridgehead atoms. The van der Waals surface area contributed by atoms with E-state index >= 15 is 0 Å². The SMILES string of the molecule is Cc1ccccc1C(NC(=O)Nc1ccc(Cl)cc1)C(=O)Nc1ccc(N2CCCN(C)CC2)cc1. The van der Waals surface area contributed by atoms with Crippen molar-refractivity contribution in [3.63, 3.8) is 0 Å². The summed E-state index contributed by atoms with van der Waals surface area (Å²) in [5.74, 6) is -0.320. The van der Waals surface area contributed by atoms with E-state index in [0.717, 1.165) is 49.4 Å². The van der Waals surface area contributed by atoms with Gasteiger partial charge in [0.2, 0.25) is 0 Å². The minimum absolute atomic E-state index is 0.320. The molecular weight excluding hydrogens is 474 g/mol. The summed E-state index contributed by atoms with van der Waals surface area (Å²) >= 11 is 5.93. The summed E-state index contributed by atoms with van der Waals surface area (Å²) in [6.07, 6.45) is 1.12. The first-order valence-electron chi connectivity index (χ1n) is 12.1. The van der Waals surface area contributed by atoms with Crippen molar-refractivity contribution in [3.05, 3.63) is 88.9 Å². The zero-order valence-corrected chi connectivity index (χ0v) is 21.4. The van der Waals surface area contributed by atoms with E-state index in [1.54, 1.807) is 24.3 Å². The van der Waals surface area contributed by atoms with Crippen LogP contribution in [0.2, 0.25) is 5.02 Å². The molecule has 4 rings (SSSR count). The van der Waals surface area contributed by atoms with E-state index < -0.39 is 12.1 Å². The van der Waals surface area contributed by atoms with Crippen molar-refractivity contribution >= 4 is 40.6 Å². The number of halogens is 1. The lowest BCUT2D eigenvalue weighted by atomic mass is 10.0. The Morgan fingerprint density at radius 3 is 2.22 bits per heavy atom. The topological polar surface area (TPSA) is 76.7 Å². The Balaban J connectivity index is 1.46. The number of carbonyl (C=O) groups is 2. The van der Waals surface area contributed by atoms with Crippen LogP contribution < -0.4 is 20.9 Å².